The van der Waals surface area contributed by atoms with Crippen LogP contribution >= 0.6 is 11.6 Å². The van der Waals surface area contributed by atoms with E-state index in [-0.39, 0.29) is 5.28 Å². The third-order valence-electron chi connectivity index (χ3n) is 3.01. The fourth-order valence-electron chi connectivity index (χ4n) is 2.08. The monoisotopic (exact) mass is 241 g/mol. The lowest BCUT2D eigenvalue weighted by Crippen LogP contribution is -2.38. The minimum Gasteiger partial charge on any atom is -0.388 e. The van der Waals surface area contributed by atoms with Gasteiger partial charge in [0.2, 0.25) is 5.28 Å². The molecule has 0 atom stereocenters. The number of aliphatic hydroxyl groups is 1. The van der Waals surface area contributed by atoms with Crippen LogP contribution < -0.4 is 5.32 Å². The molecule has 0 radical (unpaired) electrons. The molecule has 1 heterocycles. The van der Waals surface area contributed by atoms with Gasteiger partial charge in [-0.3, -0.25) is 0 Å². The van der Waals surface area contributed by atoms with Gasteiger partial charge in [-0.05, 0) is 30.5 Å². The van der Waals surface area contributed by atoms with Gasteiger partial charge < -0.3 is 10.4 Å². The van der Waals surface area contributed by atoms with Gasteiger partial charge >= 0.3 is 0 Å². The fourth-order valence-corrected chi connectivity index (χ4v) is 2.22. The van der Waals surface area contributed by atoms with Crippen LogP contribution in [0.3, 0.4) is 0 Å². The maximum Gasteiger partial charge on any atom is 0.224 e. The summed E-state index contributed by atoms with van der Waals surface area (Å²) in [6, 6.07) is 1.75. The van der Waals surface area contributed by atoms with Crippen LogP contribution in [0.2, 0.25) is 5.28 Å². The molecule has 2 N–H and O–H groups in total. The van der Waals surface area contributed by atoms with Gasteiger partial charge in [0, 0.05) is 12.7 Å². The summed E-state index contributed by atoms with van der Waals surface area (Å²) in [5.41, 5.74) is -0.588. The van der Waals surface area contributed by atoms with Gasteiger partial charge in [-0.1, -0.05) is 19.3 Å². The zero-order valence-corrected chi connectivity index (χ0v) is 9.87. The first-order valence-electron chi connectivity index (χ1n) is 5.63. The number of hydrogen-bond acceptors (Lipinski definition) is 4. The molecule has 5 heteroatoms. The van der Waals surface area contributed by atoms with E-state index in [1.807, 2.05) is 0 Å². The molecule has 0 bridgehead atoms. The first kappa shape index (κ1) is 11.6. The Hall–Kier alpha value is -0.870. The SMILES string of the molecule is OC1(CNc2ccnc(Cl)n2)CCCCC1. The number of hydrogen-bond donors (Lipinski definition) is 2. The molecule has 0 saturated heterocycles. The highest BCUT2D eigenvalue weighted by atomic mass is 35.5. The minimum atomic E-state index is -0.588. The Morgan fingerprint density at radius 2 is 2.12 bits per heavy atom. The quantitative estimate of drug-likeness (QED) is 0.797. The van der Waals surface area contributed by atoms with Crippen molar-refractivity contribution in [1.29, 1.82) is 0 Å². The van der Waals surface area contributed by atoms with Crippen LogP contribution in [0.5, 0.6) is 0 Å². The van der Waals surface area contributed by atoms with Gasteiger partial charge in [0.1, 0.15) is 5.82 Å². The zero-order valence-electron chi connectivity index (χ0n) is 9.12. The second kappa shape index (κ2) is 4.97. The van der Waals surface area contributed by atoms with Gasteiger partial charge in [-0.15, -0.1) is 0 Å². The standard InChI is InChI=1S/C11H16ClN3O/c12-10-13-7-4-9(15-10)14-8-11(16)5-2-1-3-6-11/h4,7,16H,1-3,5-6,8H2,(H,13,14,15). The molecule has 0 amide bonds. The summed E-state index contributed by atoms with van der Waals surface area (Å²) in [5.74, 6) is 0.666. The number of rotatable bonds is 3. The van der Waals surface area contributed by atoms with E-state index in [0.717, 1.165) is 25.7 Å². The largest absolute Gasteiger partial charge is 0.388 e. The molecule has 1 fully saturated rings. The predicted octanol–water partition coefficient (Wildman–Crippen LogP) is 2.24. The van der Waals surface area contributed by atoms with Crippen LogP contribution in [0.25, 0.3) is 0 Å². The van der Waals surface area contributed by atoms with Crippen molar-refractivity contribution in [3.05, 3.63) is 17.5 Å². The normalized spacial score (nSPS) is 19.4. The molecule has 4 nitrogen and oxygen atoms in total. The average Bonchev–Trinajstić information content (AvgIpc) is 2.28. The zero-order chi connectivity index (χ0) is 11.4. The lowest BCUT2D eigenvalue weighted by molar-refractivity contribution is 0.0166. The molecule has 0 unspecified atom stereocenters. The molecule has 0 aromatic carbocycles. The molecule has 88 valence electrons. The predicted molar refractivity (Wildman–Crippen MR) is 63.6 cm³/mol. The van der Waals surface area contributed by atoms with E-state index in [9.17, 15) is 5.11 Å². The third-order valence-corrected chi connectivity index (χ3v) is 3.19. The molecule has 1 aromatic rings. The first-order chi connectivity index (χ1) is 7.68. The first-order valence-corrected chi connectivity index (χ1v) is 6.01. The van der Waals surface area contributed by atoms with E-state index >= 15 is 0 Å². The summed E-state index contributed by atoms with van der Waals surface area (Å²) in [6.07, 6.45) is 6.74. The van der Waals surface area contributed by atoms with Crippen molar-refractivity contribution < 1.29 is 5.11 Å². The van der Waals surface area contributed by atoms with Crippen molar-refractivity contribution in [1.82, 2.24) is 9.97 Å². The summed E-state index contributed by atoms with van der Waals surface area (Å²) < 4.78 is 0. The van der Waals surface area contributed by atoms with Crippen LogP contribution in [0, 0.1) is 0 Å². The van der Waals surface area contributed by atoms with Crippen molar-refractivity contribution >= 4 is 17.4 Å². The van der Waals surface area contributed by atoms with Crippen LogP contribution in [0.1, 0.15) is 32.1 Å². The summed E-state index contributed by atoms with van der Waals surface area (Å²) in [4.78, 5) is 7.82. The molecule has 2 rings (SSSR count). The molecule has 16 heavy (non-hydrogen) atoms. The molecule has 1 aliphatic carbocycles. The third kappa shape index (κ3) is 3.06. The highest BCUT2D eigenvalue weighted by Crippen LogP contribution is 2.28. The van der Waals surface area contributed by atoms with Crippen molar-refractivity contribution in [2.75, 3.05) is 11.9 Å². The Morgan fingerprint density at radius 3 is 2.81 bits per heavy atom. The smallest absolute Gasteiger partial charge is 0.224 e. The summed E-state index contributed by atoms with van der Waals surface area (Å²) in [5, 5.41) is 13.6. The van der Waals surface area contributed by atoms with Crippen LogP contribution in [0.15, 0.2) is 12.3 Å². The van der Waals surface area contributed by atoms with Crippen molar-refractivity contribution in [3.8, 4) is 0 Å². The van der Waals surface area contributed by atoms with Gasteiger partial charge in [0.05, 0.1) is 5.60 Å². The lowest BCUT2D eigenvalue weighted by atomic mass is 9.85. The van der Waals surface area contributed by atoms with Crippen molar-refractivity contribution in [2.24, 2.45) is 0 Å². The number of aromatic nitrogens is 2. The average molecular weight is 242 g/mol. The number of nitrogens with zero attached hydrogens (tertiary/aromatic N) is 2. The Kier molecular flexibility index (Phi) is 3.61. The Labute approximate surface area is 100 Å². The second-order valence-corrected chi connectivity index (χ2v) is 4.69. The van der Waals surface area contributed by atoms with Gasteiger partial charge in [0.25, 0.3) is 0 Å². The summed E-state index contributed by atoms with van der Waals surface area (Å²) >= 11 is 5.68. The fraction of sp³-hybridized carbons (Fsp3) is 0.636. The number of anilines is 1. The maximum atomic E-state index is 10.3. The van der Waals surface area contributed by atoms with E-state index in [1.54, 1.807) is 12.3 Å². The van der Waals surface area contributed by atoms with E-state index in [1.165, 1.54) is 6.42 Å². The van der Waals surface area contributed by atoms with Gasteiger partial charge in [-0.2, -0.15) is 0 Å². The second-order valence-electron chi connectivity index (χ2n) is 4.35. The van der Waals surface area contributed by atoms with Crippen LogP contribution in [-0.4, -0.2) is 27.2 Å². The highest BCUT2D eigenvalue weighted by Gasteiger charge is 2.28. The number of nitrogens with one attached hydrogen (secondary N) is 1. The van der Waals surface area contributed by atoms with E-state index in [0.29, 0.717) is 12.4 Å². The molecule has 0 aliphatic heterocycles. The van der Waals surface area contributed by atoms with E-state index in [4.69, 9.17) is 11.6 Å². The van der Waals surface area contributed by atoms with Crippen molar-refractivity contribution in [3.63, 3.8) is 0 Å². The number of halogens is 1. The molecule has 1 aliphatic rings. The molecule has 1 saturated carbocycles. The molecule has 0 spiro atoms. The molecular formula is C11H16ClN3O. The van der Waals surface area contributed by atoms with Crippen molar-refractivity contribution in [2.45, 2.75) is 37.7 Å². The Balaban J connectivity index is 1.91. The highest BCUT2D eigenvalue weighted by molar-refractivity contribution is 6.28. The topological polar surface area (TPSA) is 58.0 Å². The summed E-state index contributed by atoms with van der Waals surface area (Å²) in [7, 11) is 0. The summed E-state index contributed by atoms with van der Waals surface area (Å²) in [6.45, 7) is 0.528. The lowest BCUT2D eigenvalue weighted by Gasteiger charge is -2.32. The molecule has 1 aromatic heterocycles. The molecular weight excluding hydrogens is 226 g/mol. The van der Waals surface area contributed by atoms with Crippen LogP contribution in [0.4, 0.5) is 5.82 Å². The van der Waals surface area contributed by atoms with Gasteiger partial charge in [0.15, 0.2) is 0 Å². The Bertz CT molecular complexity index is 353. The van der Waals surface area contributed by atoms with E-state index in [2.05, 4.69) is 15.3 Å². The Morgan fingerprint density at radius 1 is 1.38 bits per heavy atom. The van der Waals surface area contributed by atoms with E-state index < -0.39 is 5.60 Å². The van der Waals surface area contributed by atoms with Gasteiger partial charge in [-0.25, -0.2) is 9.97 Å². The maximum absolute atomic E-state index is 10.3. The van der Waals surface area contributed by atoms with Crippen LogP contribution in [-0.2, 0) is 0 Å². The minimum absolute atomic E-state index is 0.223.